The van der Waals surface area contributed by atoms with Gasteiger partial charge in [-0.2, -0.15) is 0 Å². The van der Waals surface area contributed by atoms with Crippen molar-refractivity contribution in [2.24, 2.45) is 0 Å². The molecule has 2 heterocycles. The van der Waals surface area contributed by atoms with Gasteiger partial charge in [0, 0.05) is 44.1 Å². The van der Waals surface area contributed by atoms with Gasteiger partial charge in [0.2, 0.25) is 0 Å². The SMILES string of the molecule is COc1cc(C)c(CN2CCN(C[C@H](O)COCc3cccs3)CC2)cc1OC. The Kier molecular flexibility index (Phi) is 8.32. The fourth-order valence-electron chi connectivity index (χ4n) is 3.60. The van der Waals surface area contributed by atoms with Gasteiger partial charge in [0.15, 0.2) is 11.5 Å². The van der Waals surface area contributed by atoms with Gasteiger partial charge in [0.1, 0.15) is 0 Å². The largest absolute Gasteiger partial charge is 0.493 e. The van der Waals surface area contributed by atoms with Crippen molar-refractivity contribution in [2.75, 3.05) is 53.6 Å². The summed E-state index contributed by atoms with van der Waals surface area (Å²) in [5, 5.41) is 12.3. The van der Waals surface area contributed by atoms with Crippen LogP contribution in [0.1, 0.15) is 16.0 Å². The van der Waals surface area contributed by atoms with Crippen LogP contribution in [-0.4, -0.2) is 74.6 Å². The maximum atomic E-state index is 10.3. The first kappa shape index (κ1) is 22.1. The van der Waals surface area contributed by atoms with Crippen molar-refractivity contribution in [2.45, 2.75) is 26.2 Å². The van der Waals surface area contributed by atoms with E-state index in [-0.39, 0.29) is 0 Å². The number of nitrogens with zero attached hydrogens (tertiary/aromatic N) is 2. The monoisotopic (exact) mass is 420 g/mol. The third-order valence-corrected chi connectivity index (χ3v) is 6.15. The molecular formula is C22H32N2O4S. The van der Waals surface area contributed by atoms with Gasteiger partial charge in [0.05, 0.1) is 33.5 Å². The molecule has 1 N–H and O–H groups in total. The Morgan fingerprint density at radius 3 is 2.41 bits per heavy atom. The number of aryl methyl sites for hydroxylation is 1. The third-order valence-electron chi connectivity index (χ3n) is 5.30. The highest BCUT2D eigenvalue weighted by Gasteiger charge is 2.20. The van der Waals surface area contributed by atoms with E-state index in [0.717, 1.165) is 44.2 Å². The number of rotatable bonds is 10. The first-order valence-electron chi connectivity index (χ1n) is 10.0. The van der Waals surface area contributed by atoms with E-state index in [4.69, 9.17) is 14.2 Å². The summed E-state index contributed by atoms with van der Waals surface area (Å²) in [5.41, 5.74) is 2.47. The summed E-state index contributed by atoms with van der Waals surface area (Å²) in [6, 6.07) is 8.19. The molecule has 2 aromatic rings. The number of thiophene rings is 1. The van der Waals surface area contributed by atoms with Crippen molar-refractivity contribution < 1.29 is 19.3 Å². The van der Waals surface area contributed by atoms with E-state index in [0.29, 0.717) is 19.8 Å². The van der Waals surface area contributed by atoms with Crippen LogP contribution in [0.25, 0.3) is 0 Å². The van der Waals surface area contributed by atoms with Crippen molar-refractivity contribution in [1.82, 2.24) is 9.80 Å². The molecule has 0 amide bonds. The lowest BCUT2D eigenvalue weighted by Gasteiger charge is -2.35. The van der Waals surface area contributed by atoms with E-state index in [1.165, 1.54) is 16.0 Å². The molecule has 1 aromatic carbocycles. The van der Waals surface area contributed by atoms with Gasteiger partial charge in [-0.15, -0.1) is 11.3 Å². The molecule has 160 valence electrons. The summed E-state index contributed by atoms with van der Waals surface area (Å²) in [7, 11) is 3.34. The van der Waals surface area contributed by atoms with Gasteiger partial charge in [-0.1, -0.05) is 6.07 Å². The molecule has 7 heteroatoms. The maximum Gasteiger partial charge on any atom is 0.161 e. The van der Waals surface area contributed by atoms with Crippen molar-refractivity contribution in [3.8, 4) is 11.5 Å². The summed E-state index contributed by atoms with van der Waals surface area (Å²) in [6.45, 7) is 8.49. The maximum absolute atomic E-state index is 10.3. The molecule has 0 unspecified atom stereocenters. The average molecular weight is 421 g/mol. The Balaban J connectivity index is 1.41. The van der Waals surface area contributed by atoms with Gasteiger partial charge in [-0.05, 0) is 41.6 Å². The van der Waals surface area contributed by atoms with Crippen LogP contribution in [0.5, 0.6) is 11.5 Å². The second-order valence-electron chi connectivity index (χ2n) is 7.46. The Hall–Kier alpha value is -1.64. The molecule has 1 aliphatic heterocycles. The lowest BCUT2D eigenvalue weighted by Crippen LogP contribution is -2.48. The lowest BCUT2D eigenvalue weighted by molar-refractivity contribution is 0.00151. The molecule has 6 nitrogen and oxygen atoms in total. The van der Waals surface area contributed by atoms with Gasteiger partial charge < -0.3 is 19.3 Å². The fourth-order valence-corrected chi connectivity index (χ4v) is 4.25. The molecule has 1 atom stereocenters. The van der Waals surface area contributed by atoms with Crippen LogP contribution < -0.4 is 9.47 Å². The quantitative estimate of drug-likeness (QED) is 0.638. The zero-order chi connectivity index (χ0) is 20.6. The topological polar surface area (TPSA) is 54.4 Å². The highest BCUT2D eigenvalue weighted by Crippen LogP contribution is 2.31. The molecule has 1 fully saturated rings. The number of aliphatic hydroxyl groups excluding tert-OH is 1. The Morgan fingerprint density at radius 1 is 1.07 bits per heavy atom. The molecule has 0 radical (unpaired) electrons. The Labute approximate surface area is 177 Å². The summed E-state index contributed by atoms with van der Waals surface area (Å²) in [4.78, 5) is 5.96. The zero-order valence-electron chi connectivity index (χ0n) is 17.6. The van der Waals surface area contributed by atoms with E-state index < -0.39 is 6.10 Å². The highest BCUT2D eigenvalue weighted by atomic mass is 32.1. The third kappa shape index (κ3) is 6.42. The Morgan fingerprint density at radius 2 is 1.76 bits per heavy atom. The van der Waals surface area contributed by atoms with E-state index in [1.807, 2.05) is 17.5 Å². The van der Waals surface area contributed by atoms with Gasteiger partial charge >= 0.3 is 0 Å². The zero-order valence-corrected chi connectivity index (χ0v) is 18.4. The number of ether oxygens (including phenoxy) is 3. The Bertz CT molecular complexity index is 746. The van der Waals surface area contributed by atoms with Gasteiger partial charge in [-0.25, -0.2) is 0 Å². The van der Waals surface area contributed by atoms with Crippen LogP contribution in [0.2, 0.25) is 0 Å². The van der Waals surface area contributed by atoms with Crippen molar-refractivity contribution in [3.05, 3.63) is 45.6 Å². The van der Waals surface area contributed by atoms with E-state index in [9.17, 15) is 5.11 Å². The van der Waals surface area contributed by atoms with Crippen LogP contribution in [0.3, 0.4) is 0 Å². The number of methoxy groups -OCH3 is 2. The molecular weight excluding hydrogens is 388 g/mol. The predicted octanol–water partition coefficient (Wildman–Crippen LogP) is 2.77. The summed E-state index contributed by atoms with van der Waals surface area (Å²) < 4.78 is 16.5. The number of hydrogen-bond acceptors (Lipinski definition) is 7. The second-order valence-corrected chi connectivity index (χ2v) is 8.49. The minimum absolute atomic E-state index is 0.378. The van der Waals surface area contributed by atoms with E-state index >= 15 is 0 Å². The van der Waals surface area contributed by atoms with Gasteiger partial charge in [0.25, 0.3) is 0 Å². The van der Waals surface area contributed by atoms with Crippen molar-refractivity contribution in [1.29, 1.82) is 0 Å². The minimum atomic E-state index is -0.449. The molecule has 3 rings (SSSR count). The molecule has 0 spiro atoms. The normalized spacial score (nSPS) is 16.7. The average Bonchev–Trinajstić information content (AvgIpc) is 3.24. The van der Waals surface area contributed by atoms with E-state index in [1.54, 1.807) is 25.6 Å². The molecule has 29 heavy (non-hydrogen) atoms. The number of β-amino-alcohol motifs (C(OH)–C–C–N with tert-alkyl or cyclic N) is 1. The summed E-state index contributed by atoms with van der Waals surface area (Å²) >= 11 is 1.68. The van der Waals surface area contributed by atoms with Crippen molar-refractivity contribution in [3.63, 3.8) is 0 Å². The number of aliphatic hydroxyl groups is 1. The van der Waals surface area contributed by atoms with Crippen LogP contribution >= 0.6 is 11.3 Å². The fraction of sp³-hybridized carbons (Fsp3) is 0.545. The van der Waals surface area contributed by atoms with Crippen LogP contribution in [-0.2, 0) is 17.9 Å². The molecule has 0 saturated carbocycles. The highest BCUT2D eigenvalue weighted by molar-refractivity contribution is 7.09. The molecule has 1 aromatic heterocycles. The number of benzene rings is 1. The van der Waals surface area contributed by atoms with E-state index in [2.05, 4.69) is 28.9 Å². The number of piperazine rings is 1. The second kappa shape index (κ2) is 10.9. The molecule has 1 aliphatic rings. The minimum Gasteiger partial charge on any atom is -0.493 e. The summed E-state index contributed by atoms with van der Waals surface area (Å²) in [6.07, 6.45) is -0.449. The number of hydrogen-bond donors (Lipinski definition) is 1. The standard InChI is InChI=1S/C22H32N2O4S/c1-17-11-21(26-2)22(27-3)12-18(17)13-23-6-8-24(9-7-23)14-19(25)15-28-16-20-5-4-10-29-20/h4-5,10-12,19,25H,6-9,13-16H2,1-3H3/t19-/m0/s1. The summed E-state index contributed by atoms with van der Waals surface area (Å²) in [5.74, 6) is 1.55. The van der Waals surface area contributed by atoms with Crippen LogP contribution in [0, 0.1) is 6.92 Å². The molecule has 0 aliphatic carbocycles. The van der Waals surface area contributed by atoms with Crippen LogP contribution in [0.15, 0.2) is 29.6 Å². The first-order valence-corrected chi connectivity index (χ1v) is 10.9. The smallest absolute Gasteiger partial charge is 0.161 e. The molecule has 0 bridgehead atoms. The molecule has 1 saturated heterocycles. The predicted molar refractivity (Wildman–Crippen MR) is 116 cm³/mol. The first-order chi connectivity index (χ1) is 14.1. The lowest BCUT2D eigenvalue weighted by atomic mass is 10.1. The van der Waals surface area contributed by atoms with Crippen molar-refractivity contribution >= 4 is 11.3 Å². The van der Waals surface area contributed by atoms with Gasteiger partial charge in [-0.3, -0.25) is 9.80 Å². The van der Waals surface area contributed by atoms with Crippen LogP contribution in [0.4, 0.5) is 0 Å².